The molecule has 0 atom stereocenters. The van der Waals surface area contributed by atoms with Crippen molar-refractivity contribution in [1.29, 1.82) is 0 Å². The third-order valence-electron chi connectivity index (χ3n) is 3.22. The van der Waals surface area contributed by atoms with E-state index in [4.69, 9.17) is 39.5 Å². The van der Waals surface area contributed by atoms with E-state index in [0.717, 1.165) is 5.56 Å². The number of aryl methyl sites for hydroxylation is 1. The number of hydrogen-bond acceptors (Lipinski definition) is 4. The maximum absolute atomic E-state index is 12.1. The van der Waals surface area contributed by atoms with Gasteiger partial charge in [0.2, 0.25) is 0 Å². The molecule has 0 fully saturated rings. The molecule has 25 heavy (non-hydrogen) atoms. The van der Waals surface area contributed by atoms with Crippen LogP contribution in [0.1, 0.15) is 28.4 Å². The lowest BCUT2D eigenvalue weighted by Gasteiger charge is -2.10. The average molecular weight is 402 g/mol. The third kappa shape index (κ3) is 4.57. The number of nitrogens with one attached hydrogen (secondary N) is 1. The molecule has 0 saturated carbocycles. The topological polar surface area (TPSA) is 70.9 Å². The predicted octanol–water partition coefficient (Wildman–Crippen LogP) is 4.82. The Balaban J connectivity index is 2.23. The van der Waals surface area contributed by atoms with Gasteiger partial charge in [-0.2, -0.15) is 5.10 Å². The molecule has 0 unspecified atom stereocenters. The van der Waals surface area contributed by atoms with Crippen molar-refractivity contribution in [3.05, 3.63) is 56.0 Å². The number of ether oxygens (including phenoxy) is 1. The summed E-state index contributed by atoms with van der Waals surface area (Å²) < 4.78 is 5.28. The first-order chi connectivity index (χ1) is 11.8. The molecule has 0 radical (unpaired) electrons. The molecule has 2 aromatic rings. The molecule has 0 bridgehead atoms. The first-order valence-corrected chi connectivity index (χ1v) is 8.41. The Labute approximate surface area is 160 Å². The Morgan fingerprint density at radius 3 is 2.64 bits per heavy atom. The number of phenolic OH excluding ortho intramolecular Hbond substituents is 1. The highest BCUT2D eigenvalue weighted by molar-refractivity contribution is 6.44. The zero-order valence-corrected chi connectivity index (χ0v) is 15.7. The fourth-order valence-corrected chi connectivity index (χ4v) is 2.73. The summed E-state index contributed by atoms with van der Waals surface area (Å²) in [4.78, 5) is 12.1. The minimum absolute atomic E-state index is 0.0917. The second-order valence-corrected chi connectivity index (χ2v) is 6.24. The summed E-state index contributed by atoms with van der Waals surface area (Å²) in [5.74, 6) is -0.544. The molecule has 5 nitrogen and oxygen atoms in total. The van der Waals surface area contributed by atoms with E-state index in [1.165, 1.54) is 12.3 Å². The fourth-order valence-electron chi connectivity index (χ4n) is 2.02. The Hall–Kier alpha value is -1.95. The monoisotopic (exact) mass is 400 g/mol. The van der Waals surface area contributed by atoms with Crippen molar-refractivity contribution < 1.29 is 14.6 Å². The lowest BCUT2D eigenvalue weighted by atomic mass is 10.1. The lowest BCUT2D eigenvalue weighted by Crippen LogP contribution is -2.18. The maximum atomic E-state index is 12.1. The smallest absolute Gasteiger partial charge is 0.272 e. The van der Waals surface area contributed by atoms with Crippen LogP contribution in [0.5, 0.6) is 11.5 Å². The second kappa shape index (κ2) is 8.43. The number of benzene rings is 2. The number of hydrogen-bond donors (Lipinski definition) is 2. The zero-order chi connectivity index (χ0) is 18.6. The van der Waals surface area contributed by atoms with Crippen LogP contribution < -0.4 is 10.2 Å². The molecule has 0 spiro atoms. The summed E-state index contributed by atoms with van der Waals surface area (Å²) >= 11 is 18.1. The quantitative estimate of drug-likeness (QED) is 0.557. The van der Waals surface area contributed by atoms with Gasteiger partial charge in [0.25, 0.3) is 5.91 Å². The molecule has 0 heterocycles. The zero-order valence-electron chi connectivity index (χ0n) is 13.4. The van der Waals surface area contributed by atoms with Crippen molar-refractivity contribution in [2.75, 3.05) is 6.61 Å². The summed E-state index contributed by atoms with van der Waals surface area (Å²) in [6, 6.07) is 6.44. The number of nitrogens with zero attached hydrogens (tertiary/aromatic N) is 1. The summed E-state index contributed by atoms with van der Waals surface area (Å²) in [6.45, 7) is 3.97. The number of carbonyl (C=O) groups excluding carboxylic acids is 1. The molecule has 2 rings (SSSR count). The summed E-state index contributed by atoms with van der Waals surface area (Å²) in [7, 11) is 0. The number of rotatable bonds is 5. The first-order valence-electron chi connectivity index (χ1n) is 7.28. The van der Waals surface area contributed by atoms with E-state index in [0.29, 0.717) is 11.6 Å². The van der Waals surface area contributed by atoms with Gasteiger partial charge in [-0.25, -0.2) is 5.43 Å². The number of hydrazone groups is 1. The molecular weight excluding hydrogens is 387 g/mol. The van der Waals surface area contributed by atoms with Crippen LogP contribution in [0.25, 0.3) is 0 Å². The largest absolute Gasteiger partial charge is 0.504 e. The van der Waals surface area contributed by atoms with E-state index in [2.05, 4.69) is 10.5 Å². The molecule has 0 saturated heterocycles. The standard InChI is InChI=1S/C17H15Cl3N2O3/c1-3-25-14-7-13(19)15(20)11(16(14)23)8-21-22-17(24)10-5-4-9(2)6-12(10)18/h4-8,23H,3H2,1-2H3,(H,22,24)/b21-8+. The SMILES string of the molecule is CCOc1cc(Cl)c(Cl)c(/C=N/NC(=O)c2ccc(C)cc2Cl)c1O. The van der Waals surface area contributed by atoms with Gasteiger partial charge in [-0.1, -0.05) is 40.9 Å². The highest BCUT2D eigenvalue weighted by Gasteiger charge is 2.16. The number of carbonyl (C=O) groups is 1. The van der Waals surface area contributed by atoms with Crippen molar-refractivity contribution in [1.82, 2.24) is 5.43 Å². The van der Waals surface area contributed by atoms with Crippen LogP contribution >= 0.6 is 34.8 Å². The highest BCUT2D eigenvalue weighted by atomic mass is 35.5. The van der Waals surface area contributed by atoms with E-state index in [1.54, 1.807) is 25.1 Å². The van der Waals surface area contributed by atoms with Gasteiger partial charge in [-0.3, -0.25) is 4.79 Å². The van der Waals surface area contributed by atoms with E-state index in [9.17, 15) is 9.90 Å². The van der Waals surface area contributed by atoms with Crippen LogP contribution in [0.4, 0.5) is 0 Å². The fraction of sp³-hybridized carbons (Fsp3) is 0.176. The molecule has 0 aliphatic heterocycles. The lowest BCUT2D eigenvalue weighted by molar-refractivity contribution is 0.0955. The van der Waals surface area contributed by atoms with Crippen molar-refractivity contribution in [3.63, 3.8) is 0 Å². The molecule has 132 valence electrons. The summed E-state index contributed by atoms with van der Waals surface area (Å²) in [6.07, 6.45) is 1.19. The van der Waals surface area contributed by atoms with Gasteiger partial charge in [-0.05, 0) is 31.5 Å². The van der Waals surface area contributed by atoms with Crippen LogP contribution in [-0.2, 0) is 0 Å². The molecule has 0 aromatic heterocycles. The minimum Gasteiger partial charge on any atom is -0.504 e. The van der Waals surface area contributed by atoms with E-state index in [1.807, 2.05) is 6.92 Å². The van der Waals surface area contributed by atoms with E-state index >= 15 is 0 Å². The predicted molar refractivity (Wildman–Crippen MR) is 101 cm³/mol. The molecule has 0 aliphatic rings. The van der Waals surface area contributed by atoms with Crippen LogP contribution in [-0.4, -0.2) is 23.8 Å². The number of halogens is 3. The Morgan fingerprint density at radius 2 is 2.00 bits per heavy atom. The maximum Gasteiger partial charge on any atom is 0.272 e. The van der Waals surface area contributed by atoms with Gasteiger partial charge in [0.15, 0.2) is 11.5 Å². The average Bonchev–Trinajstić information content (AvgIpc) is 2.55. The van der Waals surface area contributed by atoms with Crippen LogP contribution in [0.15, 0.2) is 29.4 Å². The highest BCUT2D eigenvalue weighted by Crippen LogP contribution is 2.39. The molecular formula is C17H15Cl3N2O3. The van der Waals surface area contributed by atoms with Crippen molar-refractivity contribution in [3.8, 4) is 11.5 Å². The summed E-state index contributed by atoms with van der Waals surface area (Å²) in [5.41, 5.74) is 3.67. The minimum atomic E-state index is -0.496. The number of amides is 1. The molecule has 8 heteroatoms. The van der Waals surface area contributed by atoms with Gasteiger partial charge in [0.1, 0.15) is 0 Å². The molecule has 1 amide bonds. The van der Waals surface area contributed by atoms with E-state index in [-0.39, 0.29) is 32.7 Å². The van der Waals surface area contributed by atoms with Gasteiger partial charge in [0.05, 0.1) is 39.0 Å². The molecule has 2 aromatic carbocycles. The van der Waals surface area contributed by atoms with Gasteiger partial charge in [0, 0.05) is 6.07 Å². The van der Waals surface area contributed by atoms with Crippen molar-refractivity contribution >= 4 is 46.9 Å². The third-order valence-corrected chi connectivity index (χ3v) is 4.34. The van der Waals surface area contributed by atoms with E-state index < -0.39 is 5.91 Å². The Kier molecular flexibility index (Phi) is 6.53. The van der Waals surface area contributed by atoms with Crippen LogP contribution in [0.3, 0.4) is 0 Å². The Morgan fingerprint density at radius 1 is 1.28 bits per heavy atom. The number of phenols is 1. The van der Waals surface area contributed by atoms with Gasteiger partial charge < -0.3 is 9.84 Å². The Bertz CT molecular complexity index is 838. The first kappa shape index (κ1) is 19.4. The summed E-state index contributed by atoms with van der Waals surface area (Å²) in [5, 5.41) is 14.6. The second-order valence-electron chi connectivity index (χ2n) is 5.05. The van der Waals surface area contributed by atoms with Crippen molar-refractivity contribution in [2.45, 2.75) is 13.8 Å². The van der Waals surface area contributed by atoms with Crippen LogP contribution in [0.2, 0.25) is 15.1 Å². The van der Waals surface area contributed by atoms with Crippen LogP contribution in [0, 0.1) is 6.92 Å². The molecule has 2 N–H and O–H groups in total. The van der Waals surface area contributed by atoms with Gasteiger partial charge >= 0.3 is 0 Å². The van der Waals surface area contributed by atoms with Crippen molar-refractivity contribution in [2.24, 2.45) is 5.10 Å². The van der Waals surface area contributed by atoms with Gasteiger partial charge in [-0.15, -0.1) is 0 Å². The number of aromatic hydroxyl groups is 1. The molecule has 0 aliphatic carbocycles. The normalized spacial score (nSPS) is 10.9.